The van der Waals surface area contributed by atoms with Crippen molar-refractivity contribution < 1.29 is 67.3 Å². The Kier molecular flexibility index (Phi) is 58.9. The molecule has 0 aromatic rings. The normalized spacial score (nSPS) is 5.14. The zero-order valence-corrected chi connectivity index (χ0v) is 9.24. The molecule has 0 rings (SSSR count). The maximum absolute atomic E-state index is 8.41. The average molecular weight is 289 g/mol. The molecule has 0 fully saturated rings. The van der Waals surface area contributed by atoms with Crippen molar-refractivity contribution in [3.05, 3.63) is 0 Å². The third-order valence-corrected chi connectivity index (χ3v) is 0. The van der Waals surface area contributed by atoms with Gasteiger partial charge in [0.15, 0.2) is 31.1 Å². The molecule has 0 aliphatic rings. The van der Waals surface area contributed by atoms with E-state index in [1.165, 1.54) is 0 Å². The van der Waals surface area contributed by atoms with Gasteiger partial charge in [-0.1, -0.05) is 0 Å². The van der Waals surface area contributed by atoms with Crippen molar-refractivity contribution in [1.82, 2.24) is 0 Å². The molecule has 0 bridgehead atoms. The standard InChI is InChI=1S/2BrO2.Zn/c2*2-1-3;/q2*-1;+2. The van der Waals surface area contributed by atoms with Crippen LogP contribution < -0.4 is 16.8 Å². The van der Waals surface area contributed by atoms with Crippen molar-refractivity contribution in [1.29, 1.82) is 0 Å². The van der Waals surface area contributed by atoms with E-state index in [0.29, 0.717) is 0 Å². The van der Waals surface area contributed by atoms with Gasteiger partial charge >= 0.3 is 19.5 Å². The Hall–Kier alpha value is 1.42. The second-order valence-corrected chi connectivity index (χ2v) is 0.655. The summed E-state index contributed by atoms with van der Waals surface area (Å²) >= 11 is -2.88. The summed E-state index contributed by atoms with van der Waals surface area (Å²) in [6.07, 6.45) is 0. The number of hydrogen-bond acceptors (Lipinski definition) is 4. The topological polar surface area (TPSA) is 92.2 Å². The Morgan fingerprint density at radius 2 is 0.714 bits per heavy atom. The van der Waals surface area contributed by atoms with Crippen LogP contribution in [-0.4, -0.2) is 0 Å². The van der Waals surface area contributed by atoms with Crippen LogP contribution >= 0.6 is 0 Å². The minimum atomic E-state index is -1.44. The zero-order chi connectivity index (χ0) is 5.41. The van der Waals surface area contributed by atoms with Gasteiger partial charge in [0.05, 0.1) is 0 Å². The summed E-state index contributed by atoms with van der Waals surface area (Å²) in [4.78, 5) is 0. The first-order valence-corrected chi connectivity index (χ1v) is 3.21. The van der Waals surface area contributed by atoms with E-state index in [4.69, 9.17) is 16.8 Å². The predicted molar refractivity (Wildman–Crippen MR) is 0 cm³/mol. The van der Waals surface area contributed by atoms with Crippen molar-refractivity contribution >= 4 is 0 Å². The number of halogens is 2. The molecule has 0 saturated heterocycles. The summed E-state index contributed by atoms with van der Waals surface area (Å²) in [6, 6.07) is 0. The molecule has 0 heterocycles. The molecule has 0 aliphatic heterocycles. The first kappa shape index (κ1) is 15.8. The summed E-state index contributed by atoms with van der Waals surface area (Å²) in [5, 5.41) is 0. The molecule has 4 nitrogen and oxygen atoms in total. The summed E-state index contributed by atoms with van der Waals surface area (Å²) in [7, 11) is 0. The van der Waals surface area contributed by atoms with E-state index in [2.05, 4.69) is 0 Å². The average Bonchev–Trinajstić information content (AvgIpc) is 1.39. The van der Waals surface area contributed by atoms with Crippen LogP contribution in [0, 0.1) is 31.1 Å². The fourth-order valence-corrected chi connectivity index (χ4v) is 0. The predicted octanol–water partition coefficient (Wildman–Crippen LogP) is -4.76. The van der Waals surface area contributed by atoms with Crippen LogP contribution in [0.4, 0.5) is 0 Å². The van der Waals surface area contributed by atoms with Gasteiger partial charge in [-0.05, 0) is 0 Å². The quantitative estimate of drug-likeness (QED) is 0.419. The Morgan fingerprint density at radius 3 is 0.714 bits per heavy atom. The van der Waals surface area contributed by atoms with E-state index in [1.54, 1.807) is 0 Å². The van der Waals surface area contributed by atoms with Crippen LogP contribution in [0.1, 0.15) is 0 Å². The van der Waals surface area contributed by atoms with Crippen LogP contribution in [0.3, 0.4) is 0 Å². The van der Waals surface area contributed by atoms with Crippen molar-refractivity contribution in [2.45, 2.75) is 0 Å². The van der Waals surface area contributed by atoms with Crippen molar-refractivity contribution in [3.63, 3.8) is 0 Å². The fraction of sp³-hybridized carbons (Fsp3) is 0. The van der Waals surface area contributed by atoms with Crippen LogP contribution in [-0.2, 0) is 19.5 Å². The van der Waals surface area contributed by atoms with Crippen LogP contribution in [0.5, 0.6) is 0 Å². The molecule has 0 aromatic carbocycles. The SMILES string of the molecule is [O-][Br+][O-].[O-][Br+][O-].[Zn+2]. The second-order valence-electron chi connectivity index (χ2n) is 0.126. The summed E-state index contributed by atoms with van der Waals surface area (Å²) in [5.74, 6) is 0. The van der Waals surface area contributed by atoms with Crippen LogP contribution in [0.25, 0.3) is 0 Å². The van der Waals surface area contributed by atoms with Crippen molar-refractivity contribution in [2.75, 3.05) is 0 Å². The van der Waals surface area contributed by atoms with E-state index in [0.717, 1.165) is 0 Å². The number of rotatable bonds is 0. The van der Waals surface area contributed by atoms with Gasteiger partial charge in [0, 0.05) is 0 Å². The molecule has 0 aromatic heterocycles. The van der Waals surface area contributed by atoms with E-state index in [1.807, 2.05) is 0 Å². The second kappa shape index (κ2) is 26.1. The Morgan fingerprint density at radius 1 is 0.714 bits per heavy atom. The molecule has 0 spiro atoms. The van der Waals surface area contributed by atoms with Gasteiger partial charge in [-0.25, -0.2) is 0 Å². The van der Waals surface area contributed by atoms with E-state index in [-0.39, 0.29) is 19.5 Å². The van der Waals surface area contributed by atoms with Crippen LogP contribution in [0.2, 0.25) is 0 Å². The minimum Gasteiger partial charge on any atom is -0.585 e. The fourth-order valence-electron chi connectivity index (χ4n) is 0. The van der Waals surface area contributed by atoms with E-state index < -0.39 is 31.1 Å². The zero-order valence-electron chi connectivity index (χ0n) is 3.10. The minimum absolute atomic E-state index is 0. The Bertz CT molecular complexity index is 11.7. The molecule has 0 radical (unpaired) electrons. The summed E-state index contributed by atoms with van der Waals surface area (Å²) in [6.45, 7) is 0. The first-order valence-electron chi connectivity index (χ1n) is 0.617. The van der Waals surface area contributed by atoms with Crippen molar-refractivity contribution in [3.8, 4) is 0 Å². The van der Waals surface area contributed by atoms with Gasteiger partial charge < -0.3 is 16.8 Å². The molecule has 0 aliphatic carbocycles. The first-order chi connectivity index (χ1) is 2.83. The largest absolute Gasteiger partial charge is 2.00 e. The Balaban J connectivity index is -0.0000000400. The van der Waals surface area contributed by atoms with Crippen LogP contribution in [0.15, 0.2) is 0 Å². The van der Waals surface area contributed by atoms with Gasteiger partial charge in [0.25, 0.3) is 0 Å². The van der Waals surface area contributed by atoms with E-state index >= 15 is 0 Å². The molecule has 0 saturated carbocycles. The maximum atomic E-state index is 8.41. The third kappa shape index (κ3) is 108. The van der Waals surface area contributed by atoms with E-state index in [9.17, 15) is 0 Å². The molecule has 0 unspecified atom stereocenters. The molecule has 0 amide bonds. The van der Waals surface area contributed by atoms with Gasteiger partial charge in [0.2, 0.25) is 0 Å². The molecular formula is Br2O4Zn. The van der Waals surface area contributed by atoms with Gasteiger partial charge in [-0.15, -0.1) is 0 Å². The molecule has 40 valence electrons. The van der Waals surface area contributed by atoms with Gasteiger partial charge in [0.1, 0.15) is 0 Å². The number of hydrogen-bond donors (Lipinski definition) is 0. The van der Waals surface area contributed by atoms with Gasteiger partial charge in [-0.3, -0.25) is 0 Å². The molecular weight excluding hydrogens is 289 g/mol. The molecule has 7 heavy (non-hydrogen) atoms. The summed E-state index contributed by atoms with van der Waals surface area (Å²) < 4.78 is 33.6. The maximum Gasteiger partial charge on any atom is 2.00 e. The summed E-state index contributed by atoms with van der Waals surface area (Å²) in [5.41, 5.74) is 0. The van der Waals surface area contributed by atoms with Crippen molar-refractivity contribution in [2.24, 2.45) is 0 Å². The monoisotopic (exact) mass is 286 g/mol. The molecule has 7 heteroatoms. The molecule has 0 atom stereocenters. The third-order valence-electron chi connectivity index (χ3n) is 0. The smallest absolute Gasteiger partial charge is 0.585 e. The van der Waals surface area contributed by atoms with Gasteiger partial charge in [-0.2, -0.15) is 0 Å². The molecule has 0 N–H and O–H groups in total. The Labute approximate surface area is 67.2 Å².